The number of nitrogens with zero attached hydrogens (tertiary/aromatic N) is 1. The third-order valence-electron chi connectivity index (χ3n) is 2.55. The SMILES string of the molecule is CNCc1ccccc1N1C(=O)CSCC1=O. The first-order valence-electron chi connectivity index (χ1n) is 5.40. The number of thioether (sulfide) groups is 1. The van der Waals surface area contributed by atoms with Crippen LogP contribution in [0.25, 0.3) is 0 Å². The van der Waals surface area contributed by atoms with Crippen molar-refractivity contribution in [3.05, 3.63) is 29.8 Å². The Kier molecular flexibility index (Phi) is 3.81. The lowest BCUT2D eigenvalue weighted by molar-refractivity contribution is -0.124. The van der Waals surface area contributed by atoms with E-state index in [9.17, 15) is 9.59 Å². The fourth-order valence-corrected chi connectivity index (χ4v) is 2.54. The zero-order valence-corrected chi connectivity index (χ0v) is 10.4. The number of carbonyl (C=O) groups excluding carboxylic acids is 2. The molecular weight excluding hydrogens is 236 g/mol. The zero-order chi connectivity index (χ0) is 12.3. The van der Waals surface area contributed by atoms with Gasteiger partial charge in [0.05, 0.1) is 17.2 Å². The number of hydrogen-bond donors (Lipinski definition) is 1. The Hall–Kier alpha value is -1.33. The normalized spacial score (nSPS) is 16.4. The van der Waals surface area contributed by atoms with Crippen LogP contribution in [0.2, 0.25) is 0 Å². The molecule has 2 rings (SSSR count). The largest absolute Gasteiger partial charge is 0.316 e. The number of imide groups is 1. The number of amides is 2. The molecule has 0 unspecified atom stereocenters. The summed E-state index contributed by atoms with van der Waals surface area (Å²) in [6.07, 6.45) is 0. The number of carbonyl (C=O) groups is 2. The van der Waals surface area contributed by atoms with Crippen molar-refractivity contribution >= 4 is 29.3 Å². The molecule has 0 saturated carbocycles. The molecule has 17 heavy (non-hydrogen) atoms. The number of anilines is 1. The minimum atomic E-state index is -0.130. The summed E-state index contributed by atoms with van der Waals surface area (Å²) in [7, 11) is 1.84. The van der Waals surface area contributed by atoms with E-state index in [4.69, 9.17) is 0 Å². The van der Waals surface area contributed by atoms with Crippen molar-refractivity contribution in [2.45, 2.75) is 6.54 Å². The molecule has 0 aromatic heterocycles. The smallest absolute Gasteiger partial charge is 0.243 e. The van der Waals surface area contributed by atoms with Crippen LogP contribution in [0, 0.1) is 0 Å². The Labute approximate surface area is 104 Å². The third-order valence-corrected chi connectivity index (χ3v) is 3.45. The van der Waals surface area contributed by atoms with Gasteiger partial charge in [0.2, 0.25) is 11.8 Å². The van der Waals surface area contributed by atoms with E-state index >= 15 is 0 Å². The van der Waals surface area contributed by atoms with Crippen LogP contribution in [0.15, 0.2) is 24.3 Å². The van der Waals surface area contributed by atoms with Crippen LogP contribution in [0.4, 0.5) is 5.69 Å². The molecule has 1 aliphatic rings. The number of hydrogen-bond acceptors (Lipinski definition) is 4. The molecule has 0 bridgehead atoms. The van der Waals surface area contributed by atoms with Crippen molar-refractivity contribution in [1.29, 1.82) is 0 Å². The molecule has 0 radical (unpaired) electrons. The van der Waals surface area contributed by atoms with Gasteiger partial charge in [0.1, 0.15) is 0 Å². The van der Waals surface area contributed by atoms with Gasteiger partial charge >= 0.3 is 0 Å². The molecule has 5 heteroatoms. The van der Waals surface area contributed by atoms with Gasteiger partial charge < -0.3 is 5.32 Å². The summed E-state index contributed by atoms with van der Waals surface area (Å²) < 4.78 is 0. The Morgan fingerprint density at radius 2 is 1.88 bits per heavy atom. The highest BCUT2D eigenvalue weighted by Crippen LogP contribution is 2.25. The Morgan fingerprint density at radius 3 is 2.53 bits per heavy atom. The van der Waals surface area contributed by atoms with Crippen LogP contribution in [-0.4, -0.2) is 30.4 Å². The van der Waals surface area contributed by atoms with Gasteiger partial charge in [0, 0.05) is 6.54 Å². The maximum Gasteiger partial charge on any atom is 0.243 e. The fraction of sp³-hybridized carbons (Fsp3) is 0.333. The minimum Gasteiger partial charge on any atom is -0.316 e. The molecule has 1 aromatic rings. The van der Waals surface area contributed by atoms with Crippen LogP contribution in [0.3, 0.4) is 0 Å². The lowest BCUT2D eigenvalue weighted by Crippen LogP contribution is -2.43. The van der Waals surface area contributed by atoms with Crippen molar-refractivity contribution in [3.8, 4) is 0 Å². The van der Waals surface area contributed by atoms with E-state index < -0.39 is 0 Å². The average Bonchev–Trinajstić information content (AvgIpc) is 2.31. The Morgan fingerprint density at radius 1 is 1.24 bits per heavy atom. The first-order valence-corrected chi connectivity index (χ1v) is 6.55. The van der Waals surface area contributed by atoms with Crippen molar-refractivity contribution in [2.75, 3.05) is 23.5 Å². The molecule has 4 nitrogen and oxygen atoms in total. The zero-order valence-electron chi connectivity index (χ0n) is 9.60. The fourth-order valence-electron chi connectivity index (χ4n) is 1.83. The number of nitrogens with one attached hydrogen (secondary N) is 1. The van der Waals surface area contributed by atoms with Crippen molar-refractivity contribution in [1.82, 2.24) is 5.32 Å². The summed E-state index contributed by atoms with van der Waals surface area (Å²) in [5.41, 5.74) is 1.67. The van der Waals surface area contributed by atoms with Crippen molar-refractivity contribution in [2.24, 2.45) is 0 Å². The quantitative estimate of drug-likeness (QED) is 0.814. The second-order valence-corrected chi connectivity index (χ2v) is 4.76. The van der Waals surface area contributed by atoms with E-state index in [2.05, 4.69) is 5.32 Å². The highest BCUT2D eigenvalue weighted by atomic mass is 32.2. The maximum atomic E-state index is 11.8. The monoisotopic (exact) mass is 250 g/mol. The van der Waals surface area contributed by atoms with E-state index in [-0.39, 0.29) is 11.8 Å². The van der Waals surface area contributed by atoms with Gasteiger partial charge in [-0.25, -0.2) is 4.90 Å². The standard InChI is InChI=1S/C12H14N2O2S/c1-13-6-9-4-2-3-5-10(9)14-11(15)7-17-8-12(14)16/h2-5,13H,6-8H2,1H3. The Balaban J connectivity index is 2.37. The van der Waals surface area contributed by atoms with Crippen LogP contribution in [0.5, 0.6) is 0 Å². The molecule has 0 spiro atoms. The molecule has 1 N–H and O–H groups in total. The highest BCUT2D eigenvalue weighted by Gasteiger charge is 2.28. The van der Waals surface area contributed by atoms with Gasteiger partial charge in [0.25, 0.3) is 0 Å². The summed E-state index contributed by atoms with van der Waals surface area (Å²) >= 11 is 1.37. The molecule has 1 aliphatic heterocycles. The third kappa shape index (κ3) is 2.50. The first kappa shape index (κ1) is 12.1. The number of para-hydroxylation sites is 1. The van der Waals surface area contributed by atoms with Crippen LogP contribution < -0.4 is 10.2 Å². The van der Waals surface area contributed by atoms with E-state index in [0.29, 0.717) is 23.7 Å². The van der Waals surface area contributed by atoms with Gasteiger partial charge in [-0.3, -0.25) is 9.59 Å². The van der Waals surface area contributed by atoms with Gasteiger partial charge in [-0.2, -0.15) is 0 Å². The summed E-state index contributed by atoms with van der Waals surface area (Å²) in [4.78, 5) is 25.0. The molecule has 1 aromatic carbocycles. The summed E-state index contributed by atoms with van der Waals surface area (Å²) in [5.74, 6) is 0.490. The van der Waals surface area contributed by atoms with E-state index in [1.165, 1.54) is 16.7 Å². The predicted octanol–water partition coefficient (Wildman–Crippen LogP) is 1.01. The number of rotatable bonds is 3. The van der Waals surface area contributed by atoms with Crippen molar-refractivity contribution in [3.63, 3.8) is 0 Å². The van der Waals surface area contributed by atoms with E-state index in [1.807, 2.05) is 31.3 Å². The Bertz CT molecular complexity index is 432. The second kappa shape index (κ2) is 5.33. The van der Waals surface area contributed by atoms with Gasteiger partial charge in [-0.1, -0.05) is 18.2 Å². The molecule has 90 valence electrons. The molecule has 0 atom stereocenters. The van der Waals surface area contributed by atoms with E-state index in [1.54, 1.807) is 0 Å². The predicted molar refractivity (Wildman–Crippen MR) is 69.0 cm³/mol. The van der Waals surface area contributed by atoms with Crippen LogP contribution in [-0.2, 0) is 16.1 Å². The van der Waals surface area contributed by atoms with Crippen LogP contribution >= 0.6 is 11.8 Å². The van der Waals surface area contributed by atoms with Gasteiger partial charge in [-0.05, 0) is 18.7 Å². The summed E-state index contributed by atoms with van der Waals surface area (Å²) in [5, 5.41) is 3.04. The number of benzene rings is 1. The summed E-state index contributed by atoms with van der Waals surface area (Å²) in [6.45, 7) is 0.639. The molecule has 1 saturated heterocycles. The summed E-state index contributed by atoms with van der Waals surface area (Å²) in [6, 6.07) is 7.49. The molecule has 0 aliphatic carbocycles. The molecular formula is C12H14N2O2S. The highest BCUT2D eigenvalue weighted by molar-refractivity contribution is 8.00. The van der Waals surface area contributed by atoms with Gasteiger partial charge in [-0.15, -0.1) is 11.8 Å². The molecule has 2 amide bonds. The van der Waals surface area contributed by atoms with Crippen LogP contribution in [0.1, 0.15) is 5.56 Å². The first-order chi connectivity index (χ1) is 8.24. The molecule has 1 fully saturated rings. The average molecular weight is 250 g/mol. The van der Waals surface area contributed by atoms with Crippen molar-refractivity contribution < 1.29 is 9.59 Å². The molecule has 1 heterocycles. The minimum absolute atomic E-state index is 0.130. The van der Waals surface area contributed by atoms with Gasteiger partial charge in [0.15, 0.2) is 0 Å². The second-order valence-electron chi connectivity index (χ2n) is 3.77. The topological polar surface area (TPSA) is 49.4 Å². The maximum absolute atomic E-state index is 11.8. The lowest BCUT2D eigenvalue weighted by Gasteiger charge is -2.26. The lowest BCUT2D eigenvalue weighted by atomic mass is 10.1. The van der Waals surface area contributed by atoms with E-state index in [0.717, 1.165) is 5.56 Å².